The maximum Gasteiger partial charge on any atom is 0.253 e. The van der Waals surface area contributed by atoms with Gasteiger partial charge in [0.1, 0.15) is 11.0 Å². The van der Waals surface area contributed by atoms with Gasteiger partial charge in [-0.1, -0.05) is 23.7 Å². The second-order valence-electron chi connectivity index (χ2n) is 5.26. The van der Waals surface area contributed by atoms with Crippen LogP contribution in [0.5, 0.6) is 0 Å². The van der Waals surface area contributed by atoms with Gasteiger partial charge in [-0.3, -0.25) is 15.6 Å². The highest BCUT2D eigenvalue weighted by Crippen LogP contribution is 2.24. The monoisotopic (exact) mass is 406 g/mol. The number of hydrogen-bond donors (Lipinski definition) is 3. The molecule has 3 rings (SSSR count). The Bertz CT molecular complexity index is 948. The Hall–Kier alpha value is -2.10. The second kappa shape index (κ2) is 8.52. The van der Waals surface area contributed by atoms with E-state index in [0.29, 0.717) is 21.0 Å². The molecule has 6 nitrogen and oxygen atoms in total. The first kappa shape index (κ1) is 18.7. The van der Waals surface area contributed by atoms with E-state index in [1.807, 2.05) is 17.5 Å². The summed E-state index contributed by atoms with van der Waals surface area (Å²) in [5.41, 5.74) is 2.07. The van der Waals surface area contributed by atoms with E-state index in [9.17, 15) is 9.00 Å². The van der Waals surface area contributed by atoms with Crippen LogP contribution in [-0.4, -0.2) is 15.1 Å². The predicted molar refractivity (Wildman–Crippen MR) is 104 cm³/mol. The van der Waals surface area contributed by atoms with E-state index >= 15 is 0 Å². The Kier molecular flexibility index (Phi) is 6.12. The Morgan fingerprint density at radius 1 is 1.27 bits per heavy atom. The first-order valence-corrected chi connectivity index (χ1v) is 9.93. The molecule has 3 aromatic rings. The molecule has 134 valence electrons. The molecule has 4 N–H and O–H groups in total. The number of rotatable bonds is 6. The van der Waals surface area contributed by atoms with Gasteiger partial charge in [-0.15, -0.1) is 11.3 Å². The number of pyridine rings is 1. The minimum atomic E-state index is -1.52. The maximum atomic E-state index is 12.4. The lowest BCUT2D eigenvalue weighted by Crippen LogP contribution is -2.25. The number of halogens is 1. The molecule has 2 aromatic heterocycles. The Morgan fingerprint density at radius 2 is 2.12 bits per heavy atom. The van der Waals surface area contributed by atoms with Crippen LogP contribution in [0.1, 0.15) is 15.9 Å². The number of amides is 1. The molecule has 0 aliphatic carbocycles. The summed E-state index contributed by atoms with van der Waals surface area (Å²) in [5, 5.41) is 5.19. The summed E-state index contributed by atoms with van der Waals surface area (Å²) in [6.45, 7) is 0.240. The number of thiophene rings is 1. The molecule has 1 unspecified atom stereocenters. The molecule has 0 radical (unpaired) electrons. The minimum Gasteiger partial charge on any atom is -0.348 e. The summed E-state index contributed by atoms with van der Waals surface area (Å²) >= 11 is 7.77. The van der Waals surface area contributed by atoms with Crippen molar-refractivity contribution in [3.8, 4) is 10.4 Å². The number of nitrogens with two attached hydrogens (primary N) is 1. The zero-order chi connectivity index (χ0) is 18.5. The number of nitrogens with one attached hydrogen (secondary N) is 2. The summed E-state index contributed by atoms with van der Waals surface area (Å²) in [7, 11) is -1.52. The molecule has 0 saturated heterocycles. The lowest BCUT2D eigenvalue weighted by atomic mass is 10.1. The normalized spacial score (nSPS) is 11.9. The molecule has 0 fully saturated rings. The van der Waals surface area contributed by atoms with E-state index in [4.69, 9.17) is 17.4 Å². The Labute approximate surface area is 162 Å². The predicted octanol–water partition coefficient (Wildman–Crippen LogP) is 2.88. The molecule has 26 heavy (non-hydrogen) atoms. The third kappa shape index (κ3) is 4.35. The topological polar surface area (TPSA) is 97.1 Å². The van der Waals surface area contributed by atoms with Crippen molar-refractivity contribution in [2.75, 3.05) is 0 Å². The van der Waals surface area contributed by atoms with Crippen molar-refractivity contribution in [2.45, 2.75) is 11.4 Å². The van der Waals surface area contributed by atoms with Crippen LogP contribution in [0.3, 0.4) is 0 Å². The fourth-order valence-electron chi connectivity index (χ4n) is 2.27. The first-order chi connectivity index (χ1) is 12.6. The van der Waals surface area contributed by atoms with Crippen LogP contribution in [0.15, 0.2) is 59.1 Å². The van der Waals surface area contributed by atoms with Gasteiger partial charge in [-0.25, -0.2) is 4.21 Å². The number of carbonyl (C=O) groups excluding carboxylic acids is 1. The van der Waals surface area contributed by atoms with E-state index < -0.39 is 11.0 Å². The zero-order valence-corrected chi connectivity index (χ0v) is 15.8. The SMILES string of the molecule is NNS(=O)c1ccc(CNC(=O)c2cncc(-c3cccs3)c2)c(Cl)c1. The van der Waals surface area contributed by atoms with Gasteiger partial charge in [-0.05, 0) is 35.2 Å². The highest BCUT2D eigenvalue weighted by atomic mass is 35.5. The third-order valence-electron chi connectivity index (χ3n) is 3.59. The summed E-state index contributed by atoms with van der Waals surface area (Å²) < 4.78 is 11.6. The van der Waals surface area contributed by atoms with Gasteiger partial charge in [0.05, 0.1) is 10.5 Å². The number of hydrazine groups is 1. The number of benzene rings is 1. The molecule has 0 bridgehead atoms. The van der Waals surface area contributed by atoms with Crippen molar-refractivity contribution < 1.29 is 9.00 Å². The lowest BCUT2D eigenvalue weighted by Gasteiger charge is -2.09. The fourth-order valence-corrected chi connectivity index (χ4v) is 3.85. The van der Waals surface area contributed by atoms with Crippen LogP contribution >= 0.6 is 22.9 Å². The van der Waals surface area contributed by atoms with Crippen LogP contribution in [0.4, 0.5) is 0 Å². The summed E-state index contributed by atoms with van der Waals surface area (Å²) in [4.78, 5) is 20.2. The standard InChI is InChI=1S/C17H15ClN4O2S2/c18-15-7-14(26(24)22-19)4-3-11(15)10-21-17(23)13-6-12(8-20-9-13)16-2-1-5-25-16/h1-9,22H,10,19H2,(H,21,23). The number of nitrogens with zero attached hydrogens (tertiary/aromatic N) is 1. The smallest absolute Gasteiger partial charge is 0.253 e. The minimum absolute atomic E-state index is 0.240. The van der Waals surface area contributed by atoms with Crippen LogP contribution in [-0.2, 0) is 17.5 Å². The summed E-state index contributed by atoms with van der Waals surface area (Å²) in [6.07, 6.45) is 3.25. The van der Waals surface area contributed by atoms with Gasteiger partial charge in [0.25, 0.3) is 5.91 Å². The van der Waals surface area contributed by atoms with Crippen molar-refractivity contribution in [3.05, 3.63) is 70.3 Å². The molecule has 1 aromatic carbocycles. The lowest BCUT2D eigenvalue weighted by molar-refractivity contribution is 0.0950. The number of hydrogen-bond acceptors (Lipinski definition) is 5. The van der Waals surface area contributed by atoms with E-state index in [-0.39, 0.29) is 12.5 Å². The number of carbonyl (C=O) groups is 1. The molecule has 0 aliphatic heterocycles. The Balaban J connectivity index is 1.69. The van der Waals surface area contributed by atoms with Gasteiger partial charge in [0.15, 0.2) is 0 Å². The highest BCUT2D eigenvalue weighted by Gasteiger charge is 2.11. The van der Waals surface area contributed by atoms with Gasteiger partial charge < -0.3 is 5.32 Å². The van der Waals surface area contributed by atoms with Crippen molar-refractivity contribution in [1.29, 1.82) is 0 Å². The highest BCUT2D eigenvalue weighted by molar-refractivity contribution is 7.83. The van der Waals surface area contributed by atoms with Gasteiger partial charge >= 0.3 is 0 Å². The van der Waals surface area contributed by atoms with Crippen molar-refractivity contribution in [1.82, 2.24) is 15.1 Å². The van der Waals surface area contributed by atoms with E-state index in [1.54, 1.807) is 41.8 Å². The quantitative estimate of drug-likeness (QED) is 0.433. The van der Waals surface area contributed by atoms with Gasteiger partial charge in [-0.2, -0.15) is 4.83 Å². The zero-order valence-electron chi connectivity index (χ0n) is 13.4. The van der Waals surface area contributed by atoms with E-state index in [2.05, 4.69) is 15.1 Å². The van der Waals surface area contributed by atoms with Crippen molar-refractivity contribution >= 4 is 39.8 Å². The van der Waals surface area contributed by atoms with Gasteiger partial charge in [0.2, 0.25) is 0 Å². The van der Waals surface area contributed by atoms with E-state index in [1.165, 1.54) is 6.20 Å². The maximum absolute atomic E-state index is 12.4. The molecule has 1 amide bonds. The average molecular weight is 407 g/mol. The van der Waals surface area contributed by atoms with Crippen molar-refractivity contribution in [3.63, 3.8) is 0 Å². The first-order valence-electron chi connectivity index (χ1n) is 7.52. The largest absolute Gasteiger partial charge is 0.348 e. The molecule has 1 atom stereocenters. The number of aromatic nitrogens is 1. The van der Waals surface area contributed by atoms with Gasteiger partial charge in [0, 0.05) is 34.4 Å². The average Bonchev–Trinajstić information content (AvgIpc) is 3.21. The molecular weight excluding hydrogens is 392 g/mol. The molecule has 9 heteroatoms. The Morgan fingerprint density at radius 3 is 2.81 bits per heavy atom. The fraction of sp³-hybridized carbons (Fsp3) is 0.0588. The van der Waals surface area contributed by atoms with E-state index in [0.717, 1.165) is 10.4 Å². The third-order valence-corrected chi connectivity index (χ3v) is 5.76. The van der Waals surface area contributed by atoms with Crippen LogP contribution in [0.25, 0.3) is 10.4 Å². The van der Waals surface area contributed by atoms with Crippen LogP contribution < -0.4 is 16.0 Å². The second-order valence-corrected chi connectivity index (χ2v) is 7.86. The van der Waals surface area contributed by atoms with Crippen LogP contribution in [0, 0.1) is 0 Å². The van der Waals surface area contributed by atoms with Crippen LogP contribution in [0.2, 0.25) is 5.02 Å². The molecule has 0 saturated carbocycles. The van der Waals surface area contributed by atoms with Crippen molar-refractivity contribution in [2.24, 2.45) is 5.84 Å². The molecule has 0 spiro atoms. The molecule has 2 heterocycles. The molecular formula is C17H15ClN4O2S2. The molecule has 0 aliphatic rings. The summed E-state index contributed by atoms with van der Waals surface area (Å²) in [5.74, 6) is 4.90. The summed E-state index contributed by atoms with van der Waals surface area (Å²) in [6, 6.07) is 10.6.